The number of piperidine rings is 1. The van der Waals surface area contributed by atoms with Crippen LogP contribution in [0.4, 0.5) is 4.39 Å². The van der Waals surface area contributed by atoms with Crippen LogP contribution in [0.2, 0.25) is 5.02 Å². The molecule has 0 spiro atoms. The molecule has 1 aliphatic rings. The van der Waals surface area contributed by atoms with Crippen molar-refractivity contribution in [3.8, 4) is 11.6 Å². The maximum Gasteiger partial charge on any atom is 0.338 e. The number of likely N-dealkylation sites (tertiary alicyclic amines) is 1. The van der Waals surface area contributed by atoms with E-state index >= 15 is 0 Å². The summed E-state index contributed by atoms with van der Waals surface area (Å²) in [6.45, 7) is 2.54. The molecule has 0 radical (unpaired) electrons. The van der Waals surface area contributed by atoms with Crippen LogP contribution in [-0.2, 0) is 24.9 Å². The molecule has 0 amide bonds. The Labute approximate surface area is 231 Å². The Morgan fingerprint density at radius 1 is 1.10 bits per heavy atom. The number of hydrogen-bond donors (Lipinski definition) is 0. The van der Waals surface area contributed by atoms with Crippen LogP contribution in [0.25, 0.3) is 11.0 Å². The molecule has 0 saturated carbocycles. The predicted octanol–water partition coefficient (Wildman–Crippen LogP) is 5.51. The summed E-state index contributed by atoms with van der Waals surface area (Å²) in [4.78, 5) is 24.0. The van der Waals surface area contributed by atoms with Crippen molar-refractivity contribution in [1.82, 2.24) is 19.4 Å². The van der Waals surface area contributed by atoms with Crippen LogP contribution < -0.4 is 9.47 Å². The molecule has 3 heterocycles. The van der Waals surface area contributed by atoms with E-state index in [4.69, 9.17) is 35.8 Å². The number of esters is 1. The molecule has 10 heteroatoms. The van der Waals surface area contributed by atoms with Gasteiger partial charge in [0.2, 0.25) is 5.88 Å². The molecule has 0 atom stereocenters. The fourth-order valence-electron chi connectivity index (χ4n) is 4.95. The number of imidazole rings is 1. The zero-order chi connectivity index (χ0) is 27.5. The van der Waals surface area contributed by atoms with Gasteiger partial charge in [-0.2, -0.15) is 0 Å². The van der Waals surface area contributed by atoms with Crippen molar-refractivity contribution in [2.45, 2.75) is 31.9 Å². The number of fused-ring (bicyclic) bond motifs is 1. The number of methoxy groups -OCH3 is 2. The monoisotopic (exact) mass is 552 g/mol. The first-order chi connectivity index (χ1) is 18.9. The number of carbonyl (C=O) groups is 1. The van der Waals surface area contributed by atoms with Crippen molar-refractivity contribution in [3.05, 3.63) is 82.0 Å². The number of rotatable bonds is 8. The topological polar surface area (TPSA) is 78.7 Å². The lowest BCUT2D eigenvalue weighted by atomic mass is 9.93. The summed E-state index contributed by atoms with van der Waals surface area (Å²) >= 11 is 5.83. The molecule has 8 nitrogen and oxygen atoms in total. The summed E-state index contributed by atoms with van der Waals surface area (Å²) in [6, 6.07) is 13.7. The number of halogens is 2. The summed E-state index contributed by atoms with van der Waals surface area (Å²) in [7, 11) is 4.88. The second-order valence-electron chi connectivity index (χ2n) is 9.60. The minimum absolute atomic E-state index is 0.0851. The van der Waals surface area contributed by atoms with Crippen LogP contribution in [0.5, 0.6) is 11.6 Å². The highest BCUT2D eigenvalue weighted by Crippen LogP contribution is 2.31. The molecule has 0 bridgehead atoms. The largest absolute Gasteiger partial charge is 0.494 e. The van der Waals surface area contributed by atoms with E-state index in [1.165, 1.54) is 13.2 Å². The number of aromatic nitrogens is 3. The van der Waals surface area contributed by atoms with Crippen LogP contribution in [0.15, 0.2) is 48.5 Å². The molecular weight excluding hydrogens is 523 g/mol. The van der Waals surface area contributed by atoms with Crippen LogP contribution in [0.3, 0.4) is 0 Å². The number of hydrogen-bond acceptors (Lipinski definition) is 7. The highest BCUT2D eigenvalue weighted by atomic mass is 35.5. The third-order valence-electron chi connectivity index (χ3n) is 7.19. The van der Waals surface area contributed by atoms with E-state index in [-0.39, 0.29) is 6.61 Å². The second-order valence-corrected chi connectivity index (χ2v) is 10.0. The van der Waals surface area contributed by atoms with Crippen molar-refractivity contribution in [3.63, 3.8) is 0 Å². The Bertz CT molecular complexity index is 1500. The van der Waals surface area contributed by atoms with Gasteiger partial charge in [0.05, 0.1) is 31.8 Å². The highest BCUT2D eigenvalue weighted by molar-refractivity contribution is 6.30. The Morgan fingerprint density at radius 2 is 1.90 bits per heavy atom. The quantitative estimate of drug-likeness (QED) is 0.266. The molecule has 1 aliphatic heterocycles. The Balaban J connectivity index is 1.23. The fourth-order valence-corrected chi connectivity index (χ4v) is 5.11. The summed E-state index contributed by atoms with van der Waals surface area (Å²) in [5.41, 5.74) is 3.37. The normalized spacial score (nSPS) is 14.5. The maximum absolute atomic E-state index is 14.1. The van der Waals surface area contributed by atoms with Gasteiger partial charge in [0, 0.05) is 35.3 Å². The zero-order valence-corrected chi connectivity index (χ0v) is 22.9. The third-order valence-corrected chi connectivity index (χ3v) is 7.43. The van der Waals surface area contributed by atoms with Gasteiger partial charge < -0.3 is 18.8 Å². The zero-order valence-electron chi connectivity index (χ0n) is 22.1. The molecule has 0 N–H and O–H groups in total. The van der Waals surface area contributed by atoms with E-state index in [1.54, 1.807) is 37.4 Å². The van der Waals surface area contributed by atoms with Crippen LogP contribution in [-0.4, -0.2) is 52.7 Å². The number of carbonyl (C=O) groups excluding carboxylic acids is 1. The van der Waals surface area contributed by atoms with Gasteiger partial charge >= 0.3 is 5.97 Å². The van der Waals surface area contributed by atoms with E-state index in [0.717, 1.165) is 48.5 Å². The molecule has 0 aliphatic carbocycles. The molecule has 0 unspecified atom stereocenters. The summed E-state index contributed by atoms with van der Waals surface area (Å²) in [5, 5.41) is 0.353. The van der Waals surface area contributed by atoms with E-state index in [1.807, 2.05) is 23.7 Å². The molecule has 4 aromatic rings. The molecule has 2 aromatic heterocycles. The molecule has 204 valence electrons. The minimum atomic E-state index is -0.416. The second kappa shape index (κ2) is 11.6. The Hall–Kier alpha value is -3.69. The number of ether oxygens (including phenoxy) is 3. The van der Waals surface area contributed by atoms with Gasteiger partial charge in [-0.1, -0.05) is 23.7 Å². The lowest BCUT2D eigenvalue weighted by Crippen LogP contribution is -2.33. The maximum atomic E-state index is 14.1. The number of pyridine rings is 1. The van der Waals surface area contributed by atoms with Gasteiger partial charge in [-0.25, -0.2) is 19.2 Å². The van der Waals surface area contributed by atoms with Crippen molar-refractivity contribution in [2.24, 2.45) is 7.05 Å². The standard InChI is InChI=1S/C29H30ClFN4O4/c1-34-24-13-20(29(36)38-3)14-25(37-2)28(24)33-26(34)16-35-11-9-18(10-12-35)23-5-4-6-27(32-23)39-17-19-7-8-21(30)15-22(19)31/h4-8,13-15,18H,9-12,16-17H2,1-3H3. The smallest absolute Gasteiger partial charge is 0.338 e. The SMILES string of the molecule is COC(=O)c1cc(OC)c2nc(CN3CCC(c4cccc(OCc5ccc(Cl)cc5F)n4)CC3)n(C)c2c1. The van der Waals surface area contributed by atoms with Crippen LogP contribution in [0.1, 0.15) is 46.2 Å². The summed E-state index contributed by atoms with van der Waals surface area (Å²) in [5.74, 6) is 1.41. The molecule has 39 heavy (non-hydrogen) atoms. The van der Waals surface area contributed by atoms with Gasteiger partial charge in [0.25, 0.3) is 0 Å². The van der Waals surface area contributed by atoms with E-state index in [9.17, 15) is 9.18 Å². The van der Waals surface area contributed by atoms with E-state index in [2.05, 4.69) is 4.90 Å². The predicted molar refractivity (Wildman–Crippen MR) is 146 cm³/mol. The molecular formula is C29H30ClFN4O4. The number of nitrogens with zero attached hydrogens (tertiary/aromatic N) is 4. The lowest BCUT2D eigenvalue weighted by molar-refractivity contribution is 0.0600. The van der Waals surface area contributed by atoms with Crippen molar-refractivity contribution in [1.29, 1.82) is 0 Å². The summed E-state index contributed by atoms with van der Waals surface area (Å²) in [6.07, 6.45) is 1.89. The Morgan fingerprint density at radius 3 is 2.62 bits per heavy atom. The molecule has 1 fully saturated rings. The molecule has 1 saturated heterocycles. The first kappa shape index (κ1) is 26.9. The van der Waals surface area contributed by atoms with Gasteiger partial charge in [-0.3, -0.25) is 4.90 Å². The number of aryl methyl sites for hydroxylation is 1. The number of benzene rings is 2. The lowest BCUT2D eigenvalue weighted by Gasteiger charge is -2.31. The molecule has 2 aromatic carbocycles. The van der Waals surface area contributed by atoms with Gasteiger partial charge in [0.1, 0.15) is 29.5 Å². The Kier molecular flexibility index (Phi) is 7.99. The van der Waals surface area contributed by atoms with Crippen LogP contribution >= 0.6 is 11.6 Å². The first-order valence-electron chi connectivity index (χ1n) is 12.7. The van der Waals surface area contributed by atoms with Gasteiger partial charge in [-0.05, 0) is 56.3 Å². The average molecular weight is 553 g/mol. The molecule has 5 rings (SSSR count). The summed E-state index contributed by atoms with van der Waals surface area (Å²) < 4.78 is 32.3. The van der Waals surface area contributed by atoms with Crippen molar-refractivity contribution < 1.29 is 23.4 Å². The fraction of sp³-hybridized carbons (Fsp3) is 0.345. The van der Waals surface area contributed by atoms with E-state index in [0.29, 0.717) is 40.2 Å². The third kappa shape index (κ3) is 5.84. The average Bonchev–Trinajstić information content (AvgIpc) is 3.27. The van der Waals surface area contributed by atoms with Crippen molar-refractivity contribution in [2.75, 3.05) is 27.3 Å². The van der Waals surface area contributed by atoms with Crippen LogP contribution in [0, 0.1) is 5.82 Å². The minimum Gasteiger partial charge on any atom is -0.494 e. The highest BCUT2D eigenvalue weighted by Gasteiger charge is 2.24. The van der Waals surface area contributed by atoms with E-state index < -0.39 is 11.8 Å². The first-order valence-corrected chi connectivity index (χ1v) is 13.1. The van der Waals surface area contributed by atoms with Crippen molar-refractivity contribution >= 4 is 28.6 Å². The van der Waals surface area contributed by atoms with Gasteiger partial charge in [-0.15, -0.1) is 0 Å². The van der Waals surface area contributed by atoms with Gasteiger partial charge in [0.15, 0.2) is 0 Å².